The minimum atomic E-state index is -0.455. The molecule has 0 unspecified atom stereocenters. The van der Waals surface area contributed by atoms with Crippen LogP contribution in [0.15, 0.2) is 0 Å². The minimum absolute atomic E-state index is 0.403. The van der Waals surface area contributed by atoms with Gasteiger partial charge in [-0.2, -0.15) is 0 Å². The first-order valence-corrected chi connectivity index (χ1v) is 6.41. The van der Waals surface area contributed by atoms with Crippen LogP contribution >= 0.6 is 0 Å². The fourth-order valence-corrected chi connectivity index (χ4v) is 1.59. The molecule has 70 valence electrons. The lowest BCUT2D eigenvalue weighted by Gasteiger charge is -2.10. The third kappa shape index (κ3) is 8.41. The lowest BCUT2D eigenvalue weighted by atomic mass is 10.4. The third-order valence-electron chi connectivity index (χ3n) is 1.04. The number of hydrogen-bond acceptors (Lipinski definition) is 3. The van der Waals surface area contributed by atoms with Gasteiger partial charge in [-0.05, 0) is 12.1 Å². The van der Waals surface area contributed by atoms with Crippen molar-refractivity contribution in [3.05, 3.63) is 0 Å². The number of rotatable bonds is 8. The van der Waals surface area contributed by atoms with Crippen LogP contribution in [-0.4, -0.2) is 44.0 Å². The summed E-state index contributed by atoms with van der Waals surface area (Å²) in [4.78, 5) is 0. The molecule has 0 aliphatic heterocycles. The molecule has 0 aromatic carbocycles. The van der Waals surface area contributed by atoms with Gasteiger partial charge in [0.2, 0.25) is 19.5 Å². The van der Waals surface area contributed by atoms with Gasteiger partial charge < -0.3 is 14.0 Å². The van der Waals surface area contributed by atoms with E-state index in [4.69, 9.17) is 8.85 Å². The van der Waals surface area contributed by atoms with Gasteiger partial charge >= 0.3 is 0 Å². The van der Waals surface area contributed by atoms with Gasteiger partial charge in [0.05, 0.1) is 19.3 Å². The molecule has 4 radical (unpaired) electrons. The van der Waals surface area contributed by atoms with E-state index in [9.17, 15) is 5.11 Å². The molecule has 0 rings (SSSR count). The first-order chi connectivity index (χ1) is 5.81. The summed E-state index contributed by atoms with van der Waals surface area (Å²) < 4.78 is 10.4. The quantitative estimate of drug-likeness (QED) is 0.462. The molecule has 0 aromatic rings. The standard InChI is InChI=1S/C7H16O3Si2/c1-3-11-9-5-7(8)6-10-12-4-2/h7-8H,3-6H2,1-2H3. The summed E-state index contributed by atoms with van der Waals surface area (Å²) in [6, 6.07) is 2.04. The molecule has 0 aromatic heterocycles. The van der Waals surface area contributed by atoms with Crippen molar-refractivity contribution < 1.29 is 14.0 Å². The smallest absolute Gasteiger partial charge is 0.229 e. The Labute approximate surface area is 79.3 Å². The largest absolute Gasteiger partial charge is 0.415 e. The predicted octanol–water partition coefficient (Wildman–Crippen LogP) is 0.495. The lowest BCUT2D eigenvalue weighted by Crippen LogP contribution is -2.23. The van der Waals surface area contributed by atoms with Gasteiger partial charge in [-0.1, -0.05) is 13.8 Å². The molecule has 0 saturated carbocycles. The van der Waals surface area contributed by atoms with Gasteiger partial charge in [0.15, 0.2) is 0 Å². The molecule has 0 fully saturated rings. The van der Waals surface area contributed by atoms with Crippen LogP contribution in [-0.2, 0) is 8.85 Å². The Bertz CT molecular complexity index is 82.7. The zero-order valence-electron chi connectivity index (χ0n) is 7.67. The summed E-state index contributed by atoms with van der Waals surface area (Å²) in [6.45, 7) is 4.92. The van der Waals surface area contributed by atoms with Crippen molar-refractivity contribution in [3.8, 4) is 0 Å². The second-order valence-corrected chi connectivity index (χ2v) is 4.84. The molecule has 0 bridgehead atoms. The Morgan fingerprint density at radius 1 is 1.08 bits per heavy atom. The van der Waals surface area contributed by atoms with Crippen molar-refractivity contribution in [1.29, 1.82) is 0 Å². The van der Waals surface area contributed by atoms with Crippen LogP contribution in [0.5, 0.6) is 0 Å². The second-order valence-electron chi connectivity index (χ2n) is 2.27. The Morgan fingerprint density at radius 2 is 1.50 bits per heavy atom. The highest BCUT2D eigenvalue weighted by molar-refractivity contribution is 6.27. The lowest BCUT2D eigenvalue weighted by molar-refractivity contribution is 0.0653. The first kappa shape index (κ1) is 12.3. The molecule has 0 heterocycles. The summed E-state index contributed by atoms with van der Waals surface area (Å²) in [7, 11) is 0.999. The molecule has 0 amide bonds. The van der Waals surface area contributed by atoms with E-state index >= 15 is 0 Å². The van der Waals surface area contributed by atoms with Crippen LogP contribution in [0.2, 0.25) is 12.1 Å². The van der Waals surface area contributed by atoms with Crippen molar-refractivity contribution >= 4 is 19.5 Å². The van der Waals surface area contributed by atoms with E-state index in [0.717, 1.165) is 12.1 Å². The van der Waals surface area contributed by atoms with Gasteiger partial charge in [0, 0.05) is 0 Å². The summed E-state index contributed by atoms with van der Waals surface area (Å²) in [5.41, 5.74) is 0. The molecule has 3 nitrogen and oxygen atoms in total. The minimum Gasteiger partial charge on any atom is -0.415 e. The SMILES string of the molecule is CC[Si]OCC(O)CO[Si]CC. The molecule has 12 heavy (non-hydrogen) atoms. The van der Waals surface area contributed by atoms with E-state index in [0.29, 0.717) is 32.7 Å². The summed E-state index contributed by atoms with van der Waals surface area (Å²) in [5.74, 6) is 0. The van der Waals surface area contributed by atoms with E-state index in [1.807, 2.05) is 0 Å². The van der Waals surface area contributed by atoms with E-state index < -0.39 is 6.10 Å². The van der Waals surface area contributed by atoms with Gasteiger partial charge in [-0.15, -0.1) is 0 Å². The Kier molecular flexibility index (Phi) is 9.65. The summed E-state index contributed by atoms with van der Waals surface area (Å²) >= 11 is 0. The van der Waals surface area contributed by atoms with Crippen LogP contribution in [0.25, 0.3) is 0 Å². The normalized spacial score (nSPS) is 11.0. The Morgan fingerprint density at radius 3 is 1.83 bits per heavy atom. The maximum atomic E-state index is 9.26. The maximum Gasteiger partial charge on any atom is 0.229 e. The van der Waals surface area contributed by atoms with Crippen molar-refractivity contribution in [3.63, 3.8) is 0 Å². The van der Waals surface area contributed by atoms with Crippen LogP contribution in [0.1, 0.15) is 13.8 Å². The van der Waals surface area contributed by atoms with E-state index in [2.05, 4.69) is 13.8 Å². The van der Waals surface area contributed by atoms with Crippen LogP contribution < -0.4 is 0 Å². The summed E-state index contributed by atoms with van der Waals surface area (Å²) in [6.07, 6.45) is -0.455. The van der Waals surface area contributed by atoms with Crippen LogP contribution in [0.4, 0.5) is 0 Å². The zero-order valence-corrected chi connectivity index (χ0v) is 9.67. The molecule has 5 heteroatoms. The van der Waals surface area contributed by atoms with Crippen molar-refractivity contribution in [2.24, 2.45) is 0 Å². The monoisotopic (exact) mass is 204 g/mol. The van der Waals surface area contributed by atoms with Gasteiger partial charge in [-0.3, -0.25) is 0 Å². The van der Waals surface area contributed by atoms with Crippen LogP contribution in [0.3, 0.4) is 0 Å². The highest BCUT2D eigenvalue weighted by Crippen LogP contribution is 1.88. The highest BCUT2D eigenvalue weighted by atomic mass is 28.2. The molecule has 0 spiro atoms. The van der Waals surface area contributed by atoms with Gasteiger partial charge in [0.1, 0.15) is 0 Å². The Balaban J connectivity index is 3.04. The Hall–Kier alpha value is 0.314. The fourth-order valence-electron chi connectivity index (χ4n) is 0.562. The summed E-state index contributed by atoms with van der Waals surface area (Å²) in [5, 5.41) is 9.26. The molecule has 0 aliphatic rings. The van der Waals surface area contributed by atoms with Crippen molar-refractivity contribution in [2.45, 2.75) is 32.0 Å². The average molecular weight is 204 g/mol. The molecular formula is C7H16O3Si2. The van der Waals surface area contributed by atoms with Crippen molar-refractivity contribution in [2.75, 3.05) is 13.2 Å². The van der Waals surface area contributed by atoms with Gasteiger partial charge in [0.25, 0.3) is 0 Å². The predicted molar refractivity (Wildman–Crippen MR) is 50.4 cm³/mol. The molecule has 0 atom stereocenters. The average Bonchev–Trinajstić information content (AvgIpc) is 2.06. The highest BCUT2D eigenvalue weighted by Gasteiger charge is 2.03. The molecular weight excluding hydrogens is 188 g/mol. The van der Waals surface area contributed by atoms with Gasteiger partial charge in [-0.25, -0.2) is 0 Å². The van der Waals surface area contributed by atoms with E-state index in [1.54, 1.807) is 0 Å². The topological polar surface area (TPSA) is 38.7 Å². The maximum absolute atomic E-state index is 9.26. The fraction of sp³-hybridized carbons (Fsp3) is 1.00. The number of hydrogen-bond donors (Lipinski definition) is 1. The third-order valence-corrected chi connectivity index (χ3v) is 2.36. The molecule has 1 N–H and O–H groups in total. The molecule has 0 aliphatic carbocycles. The van der Waals surface area contributed by atoms with Crippen LogP contribution in [0, 0.1) is 0 Å². The zero-order chi connectivity index (χ0) is 9.23. The van der Waals surface area contributed by atoms with Crippen molar-refractivity contribution in [1.82, 2.24) is 0 Å². The number of aliphatic hydroxyl groups excluding tert-OH is 1. The second kappa shape index (κ2) is 9.40. The molecule has 0 saturated heterocycles. The van der Waals surface area contributed by atoms with E-state index in [1.165, 1.54) is 0 Å². The first-order valence-electron chi connectivity index (χ1n) is 4.18. The van der Waals surface area contributed by atoms with E-state index in [-0.39, 0.29) is 0 Å². The number of aliphatic hydroxyl groups is 1.